The number of hydrogen-bond acceptors (Lipinski definition) is 4. The smallest absolute Gasteiger partial charge is 0.335 e. The van der Waals surface area contributed by atoms with E-state index in [0.717, 1.165) is 26.2 Å². The SMILES string of the molecule is CN1CCN(C(=O)C(C)(C)C)CC1.O=S=O. The molecule has 1 fully saturated rings. The van der Waals surface area contributed by atoms with Crippen LogP contribution in [0.1, 0.15) is 20.8 Å². The zero-order valence-corrected chi connectivity index (χ0v) is 11.2. The lowest BCUT2D eigenvalue weighted by Crippen LogP contribution is -2.50. The van der Waals surface area contributed by atoms with Crippen LogP contribution in [0.25, 0.3) is 0 Å². The van der Waals surface area contributed by atoms with Crippen molar-refractivity contribution in [3.05, 3.63) is 0 Å². The Bertz CT molecular complexity index is 262. The number of rotatable bonds is 0. The van der Waals surface area contributed by atoms with Crippen molar-refractivity contribution in [1.82, 2.24) is 9.80 Å². The van der Waals surface area contributed by atoms with Gasteiger partial charge < -0.3 is 9.80 Å². The molecule has 1 aliphatic heterocycles. The third-order valence-electron chi connectivity index (χ3n) is 2.43. The highest BCUT2D eigenvalue weighted by Gasteiger charge is 2.28. The predicted molar refractivity (Wildman–Crippen MR) is 62.5 cm³/mol. The molecule has 1 amide bonds. The average molecular weight is 248 g/mol. The number of nitrogens with zero attached hydrogens (tertiary/aromatic N) is 2. The van der Waals surface area contributed by atoms with Gasteiger partial charge in [0.25, 0.3) is 0 Å². The summed E-state index contributed by atoms with van der Waals surface area (Å²) in [4.78, 5) is 16.1. The van der Waals surface area contributed by atoms with Crippen LogP contribution in [0, 0.1) is 5.41 Å². The highest BCUT2D eigenvalue weighted by Crippen LogP contribution is 2.18. The summed E-state index contributed by atoms with van der Waals surface area (Å²) in [7, 11) is 2.10. The highest BCUT2D eigenvalue weighted by atomic mass is 32.1. The molecule has 0 aromatic rings. The molecule has 5 nitrogen and oxygen atoms in total. The van der Waals surface area contributed by atoms with E-state index in [1.807, 2.05) is 25.7 Å². The molecule has 16 heavy (non-hydrogen) atoms. The number of carbonyl (C=O) groups excluding carboxylic acids is 1. The first-order valence-corrected chi connectivity index (χ1v) is 5.89. The van der Waals surface area contributed by atoms with Crippen LogP contribution in [0.3, 0.4) is 0 Å². The molecule has 0 spiro atoms. The quantitative estimate of drug-likeness (QED) is 0.612. The number of amides is 1. The lowest BCUT2D eigenvalue weighted by Gasteiger charge is -2.36. The summed E-state index contributed by atoms with van der Waals surface area (Å²) >= 11 is -0.750. The number of hydrogen-bond donors (Lipinski definition) is 0. The molecule has 0 atom stereocenters. The Kier molecular flexibility index (Phi) is 6.43. The first-order chi connectivity index (χ1) is 7.32. The van der Waals surface area contributed by atoms with E-state index < -0.39 is 11.6 Å². The molecule has 1 saturated heterocycles. The summed E-state index contributed by atoms with van der Waals surface area (Å²) in [6, 6.07) is 0. The summed E-state index contributed by atoms with van der Waals surface area (Å²) in [6.07, 6.45) is 0. The molecule has 0 saturated carbocycles. The second-order valence-electron chi connectivity index (χ2n) is 4.91. The maximum atomic E-state index is 11.8. The van der Waals surface area contributed by atoms with E-state index in [9.17, 15) is 4.79 Å². The minimum Gasteiger partial charge on any atom is -0.340 e. The number of likely N-dealkylation sites (N-methyl/N-ethyl adjacent to an activating group) is 1. The fraction of sp³-hybridized carbons (Fsp3) is 0.900. The van der Waals surface area contributed by atoms with Crippen LogP contribution in [-0.2, 0) is 16.4 Å². The largest absolute Gasteiger partial charge is 0.340 e. The molecule has 0 aromatic heterocycles. The van der Waals surface area contributed by atoms with E-state index in [4.69, 9.17) is 8.42 Å². The van der Waals surface area contributed by atoms with E-state index in [2.05, 4.69) is 11.9 Å². The van der Waals surface area contributed by atoms with Gasteiger partial charge in [0.2, 0.25) is 5.91 Å². The summed E-state index contributed by atoms with van der Waals surface area (Å²) in [6.45, 7) is 9.71. The lowest BCUT2D eigenvalue weighted by molar-refractivity contribution is -0.141. The molecular weight excluding hydrogens is 228 g/mol. The van der Waals surface area contributed by atoms with E-state index in [0.29, 0.717) is 0 Å². The molecule has 0 bridgehead atoms. The molecule has 0 aliphatic carbocycles. The fourth-order valence-electron chi connectivity index (χ4n) is 1.48. The van der Waals surface area contributed by atoms with E-state index in [-0.39, 0.29) is 11.3 Å². The van der Waals surface area contributed by atoms with Gasteiger partial charge in [0, 0.05) is 31.6 Å². The van der Waals surface area contributed by atoms with Crippen molar-refractivity contribution in [2.24, 2.45) is 5.41 Å². The normalized spacial score (nSPS) is 17.4. The molecule has 1 aliphatic rings. The summed E-state index contributed by atoms with van der Waals surface area (Å²) in [5, 5.41) is 0. The Hall–Kier alpha value is -0.750. The van der Waals surface area contributed by atoms with Gasteiger partial charge in [-0.2, -0.15) is 8.42 Å². The van der Waals surface area contributed by atoms with Gasteiger partial charge in [-0.3, -0.25) is 4.79 Å². The first-order valence-electron chi connectivity index (χ1n) is 5.22. The zero-order valence-electron chi connectivity index (χ0n) is 10.4. The Balaban J connectivity index is 0.000000673. The third-order valence-corrected chi connectivity index (χ3v) is 2.43. The van der Waals surface area contributed by atoms with Crippen LogP contribution in [-0.4, -0.2) is 57.4 Å². The van der Waals surface area contributed by atoms with Crippen LogP contribution >= 0.6 is 0 Å². The molecule has 0 aromatic carbocycles. The lowest BCUT2D eigenvalue weighted by atomic mass is 9.94. The zero-order chi connectivity index (χ0) is 12.8. The van der Waals surface area contributed by atoms with Crippen LogP contribution in [0.4, 0.5) is 0 Å². The van der Waals surface area contributed by atoms with Gasteiger partial charge in [-0.1, -0.05) is 20.8 Å². The Morgan fingerprint density at radius 3 is 1.75 bits per heavy atom. The van der Waals surface area contributed by atoms with Crippen molar-refractivity contribution >= 4 is 17.5 Å². The van der Waals surface area contributed by atoms with Crippen LogP contribution in [0.2, 0.25) is 0 Å². The summed E-state index contributed by atoms with van der Waals surface area (Å²) < 4.78 is 16.6. The Morgan fingerprint density at radius 2 is 1.44 bits per heavy atom. The molecule has 1 rings (SSSR count). The predicted octanol–water partition coefficient (Wildman–Crippen LogP) is 0.136. The second-order valence-corrected chi connectivity index (χ2v) is 5.05. The van der Waals surface area contributed by atoms with Gasteiger partial charge in [0.15, 0.2) is 0 Å². The monoisotopic (exact) mass is 248 g/mol. The Morgan fingerprint density at radius 1 is 1.06 bits per heavy atom. The minimum atomic E-state index is -0.750. The molecule has 0 unspecified atom stereocenters. The van der Waals surface area contributed by atoms with Crippen molar-refractivity contribution in [2.45, 2.75) is 20.8 Å². The summed E-state index contributed by atoms with van der Waals surface area (Å²) in [5.41, 5.74) is -0.226. The van der Waals surface area contributed by atoms with Crippen LogP contribution < -0.4 is 0 Å². The number of carbonyl (C=O) groups is 1. The van der Waals surface area contributed by atoms with Crippen molar-refractivity contribution in [3.63, 3.8) is 0 Å². The van der Waals surface area contributed by atoms with Gasteiger partial charge in [0.1, 0.15) is 0 Å². The minimum absolute atomic E-state index is 0.226. The first kappa shape index (κ1) is 15.2. The molecule has 0 N–H and O–H groups in total. The van der Waals surface area contributed by atoms with E-state index in [1.54, 1.807) is 0 Å². The third kappa shape index (κ3) is 5.37. The van der Waals surface area contributed by atoms with Gasteiger partial charge >= 0.3 is 11.6 Å². The summed E-state index contributed by atoms with van der Waals surface area (Å²) in [5.74, 6) is 0.278. The van der Waals surface area contributed by atoms with Crippen molar-refractivity contribution in [2.75, 3.05) is 33.2 Å². The highest BCUT2D eigenvalue weighted by molar-refractivity contribution is 7.51. The van der Waals surface area contributed by atoms with Gasteiger partial charge in [0.05, 0.1) is 0 Å². The van der Waals surface area contributed by atoms with Gasteiger partial charge in [-0.15, -0.1) is 0 Å². The second kappa shape index (κ2) is 6.75. The van der Waals surface area contributed by atoms with Gasteiger partial charge in [-0.05, 0) is 7.05 Å². The molecule has 1 heterocycles. The Labute approximate surface area is 100 Å². The van der Waals surface area contributed by atoms with Crippen LogP contribution in [0.5, 0.6) is 0 Å². The van der Waals surface area contributed by atoms with E-state index in [1.165, 1.54) is 0 Å². The van der Waals surface area contributed by atoms with Gasteiger partial charge in [-0.25, -0.2) is 0 Å². The standard InChI is InChI=1S/C10H20N2O.O2S/c1-10(2,3)9(13)12-7-5-11(4)6-8-12;1-3-2/h5-8H2,1-4H3;. The maximum absolute atomic E-state index is 11.8. The van der Waals surface area contributed by atoms with E-state index >= 15 is 0 Å². The van der Waals surface area contributed by atoms with Crippen molar-refractivity contribution in [1.29, 1.82) is 0 Å². The van der Waals surface area contributed by atoms with Crippen LogP contribution in [0.15, 0.2) is 0 Å². The van der Waals surface area contributed by atoms with Crippen molar-refractivity contribution < 1.29 is 13.2 Å². The van der Waals surface area contributed by atoms with Crippen molar-refractivity contribution in [3.8, 4) is 0 Å². The maximum Gasteiger partial charge on any atom is 0.335 e. The average Bonchev–Trinajstić information content (AvgIpc) is 2.18. The topological polar surface area (TPSA) is 57.7 Å². The molecular formula is C10H20N2O3S. The fourth-order valence-corrected chi connectivity index (χ4v) is 1.48. The number of piperazine rings is 1. The molecule has 0 radical (unpaired) electrons. The molecule has 6 heteroatoms. The molecule has 94 valence electrons.